The summed E-state index contributed by atoms with van der Waals surface area (Å²) in [4.78, 5) is 19.1. The number of pyridine rings is 1. The summed E-state index contributed by atoms with van der Waals surface area (Å²) >= 11 is 0. The molecule has 2 aromatic rings. The maximum absolute atomic E-state index is 12.5. The average Bonchev–Trinajstić information content (AvgIpc) is 2.69. The molecular weight excluding hydrogens is 314 g/mol. The zero-order valence-corrected chi connectivity index (χ0v) is 14.1. The van der Waals surface area contributed by atoms with Crippen molar-refractivity contribution in [3.8, 4) is 0 Å². The lowest BCUT2D eigenvalue weighted by Gasteiger charge is -2.28. The number of carbonyl (C=O) groups is 1. The van der Waals surface area contributed by atoms with Crippen LogP contribution in [0.2, 0.25) is 0 Å². The number of anilines is 2. The summed E-state index contributed by atoms with van der Waals surface area (Å²) < 4.78 is 5.36. The molecule has 2 aliphatic rings. The Balaban J connectivity index is 1.44. The maximum atomic E-state index is 12.5. The maximum Gasteiger partial charge on any atom is 0.256 e. The minimum absolute atomic E-state index is 0.121. The van der Waals surface area contributed by atoms with Crippen molar-refractivity contribution in [2.45, 2.75) is 12.8 Å². The van der Waals surface area contributed by atoms with E-state index in [1.165, 1.54) is 11.1 Å². The van der Waals surface area contributed by atoms with Crippen molar-refractivity contribution >= 4 is 23.5 Å². The zero-order valence-electron chi connectivity index (χ0n) is 14.1. The van der Waals surface area contributed by atoms with Crippen molar-refractivity contribution in [2.24, 2.45) is 0 Å². The monoisotopic (exact) mass is 335 g/mol. The van der Waals surface area contributed by atoms with E-state index in [4.69, 9.17) is 4.74 Å². The number of nitrogens with one attached hydrogen (secondary N) is 1. The topological polar surface area (TPSA) is 54.5 Å². The van der Waals surface area contributed by atoms with Gasteiger partial charge in [0.25, 0.3) is 5.91 Å². The minimum Gasteiger partial charge on any atom is -0.378 e. The van der Waals surface area contributed by atoms with E-state index in [0.717, 1.165) is 44.8 Å². The second-order valence-electron chi connectivity index (χ2n) is 6.31. The van der Waals surface area contributed by atoms with Crippen LogP contribution in [0.25, 0.3) is 6.08 Å². The molecule has 2 heterocycles. The number of amides is 1. The van der Waals surface area contributed by atoms with Gasteiger partial charge in [-0.1, -0.05) is 18.2 Å². The number of carbonyl (C=O) groups excluding carboxylic acids is 1. The number of allylic oxidation sites excluding steroid dienone is 1. The molecule has 5 heteroatoms. The molecule has 0 unspecified atom stereocenters. The van der Waals surface area contributed by atoms with E-state index in [1.54, 1.807) is 6.20 Å². The predicted octanol–water partition coefficient (Wildman–Crippen LogP) is 3.13. The van der Waals surface area contributed by atoms with Gasteiger partial charge < -0.3 is 15.0 Å². The third-order valence-corrected chi connectivity index (χ3v) is 4.65. The van der Waals surface area contributed by atoms with Crippen LogP contribution in [-0.2, 0) is 11.2 Å². The summed E-state index contributed by atoms with van der Waals surface area (Å²) in [6.07, 6.45) is 8.11. The van der Waals surface area contributed by atoms with Crippen molar-refractivity contribution in [3.63, 3.8) is 0 Å². The van der Waals surface area contributed by atoms with Gasteiger partial charge in [-0.2, -0.15) is 0 Å². The zero-order chi connectivity index (χ0) is 17.1. The number of nitrogens with zero attached hydrogens (tertiary/aromatic N) is 2. The fourth-order valence-corrected chi connectivity index (χ4v) is 3.23. The average molecular weight is 335 g/mol. The number of benzene rings is 1. The molecule has 1 amide bonds. The molecular formula is C20H21N3O2. The molecule has 1 saturated heterocycles. The minimum atomic E-state index is -0.121. The first-order valence-electron chi connectivity index (χ1n) is 8.69. The molecule has 1 fully saturated rings. The molecule has 4 rings (SSSR count). The van der Waals surface area contributed by atoms with Gasteiger partial charge in [-0.05, 0) is 48.2 Å². The Kier molecular flexibility index (Phi) is 4.48. The Labute approximate surface area is 147 Å². The highest BCUT2D eigenvalue weighted by Gasteiger charge is 2.13. The van der Waals surface area contributed by atoms with Crippen LogP contribution in [0.3, 0.4) is 0 Å². The van der Waals surface area contributed by atoms with Crippen LogP contribution >= 0.6 is 0 Å². The van der Waals surface area contributed by atoms with E-state index < -0.39 is 0 Å². The van der Waals surface area contributed by atoms with Crippen LogP contribution in [0, 0.1) is 0 Å². The molecule has 0 radical (unpaired) electrons. The molecule has 1 N–H and O–H groups in total. The Hall–Kier alpha value is -2.66. The van der Waals surface area contributed by atoms with Crippen molar-refractivity contribution in [3.05, 3.63) is 59.3 Å². The van der Waals surface area contributed by atoms with E-state index in [-0.39, 0.29) is 5.91 Å². The second-order valence-corrected chi connectivity index (χ2v) is 6.31. The third kappa shape index (κ3) is 3.56. The van der Waals surface area contributed by atoms with Gasteiger partial charge in [0.15, 0.2) is 0 Å². The predicted molar refractivity (Wildman–Crippen MR) is 99.0 cm³/mol. The summed E-state index contributed by atoms with van der Waals surface area (Å²) in [5, 5.41) is 2.88. The summed E-state index contributed by atoms with van der Waals surface area (Å²) in [5.41, 5.74) is 4.16. The number of ether oxygens (including phenoxy) is 1. The van der Waals surface area contributed by atoms with E-state index >= 15 is 0 Å². The molecule has 5 nitrogen and oxygen atoms in total. The third-order valence-electron chi connectivity index (χ3n) is 4.65. The van der Waals surface area contributed by atoms with E-state index in [2.05, 4.69) is 27.4 Å². The van der Waals surface area contributed by atoms with Gasteiger partial charge >= 0.3 is 0 Å². The van der Waals surface area contributed by atoms with Gasteiger partial charge in [0.1, 0.15) is 5.82 Å². The number of hydrogen-bond donors (Lipinski definition) is 1. The molecule has 25 heavy (non-hydrogen) atoms. The quantitative estimate of drug-likeness (QED) is 0.936. The lowest BCUT2D eigenvalue weighted by Crippen LogP contribution is -2.36. The second kappa shape index (κ2) is 7.07. The molecule has 1 aliphatic heterocycles. The van der Waals surface area contributed by atoms with E-state index in [0.29, 0.717) is 11.4 Å². The molecule has 128 valence electrons. The van der Waals surface area contributed by atoms with Crippen molar-refractivity contribution < 1.29 is 9.53 Å². The number of morpholine rings is 1. The van der Waals surface area contributed by atoms with Crippen molar-refractivity contribution in [2.75, 3.05) is 36.5 Å². The first-order valence-corrected chi connectivity index (χ1v) is 8.69. The van der Waals surface area contributed by atoms with Gasteiger partial charge in [0.05, 0.1) is 25.1 Å². The first kappa shape index (κ1) is 15.8. The molecule has 1 aromatic heterocycles. The van der Waals surface area contributed by atoms with Gasteiger partial charge in [-0.15, -0.1) is 0 Å². The Bertz CT molecular complexity index is 793. The van der Waals surface area contributed by atoms with Crippen molar-refractivity contribution in [1.82, 2.24) is 4.98 Å². The van der Waals surface area contributed by atoms with Crippen LogP contribution in [0.1, 0.15) is 27.9 Å². The van der Waals surface area contributed by atoms with Crippen LogP contribution < -0.4 is 10.2 Å². The molecule has 0 atom stereocenters. The summed E-state index contributed by atoms with van der Waals surface area (Å²) in [5.74, 6) is 0.448. The smallest absolute Gasteiger partial charge is 0.256 e. The van der Waals surface area contributed by atoms with Crippen LogP contribution in [0.4, 0.5) is 11.5 Å². The largest absolute Gasteiger partial charge is 0.378 e. The highest BCUT2D eigenvalue weighted by Crippen LogP contribution is 2.21. The first-order chi connectivity index (χ1) is 12.3. The van der Waals surface area contributed by atoms with Gasteiger partial charge in [-0.3, -0.25) is 4.79 Å². The number of aromatic nitrogens is 1. The highest BCUT2D eigenvalue weighted by atomic mass is 16.5. The summed E-state index contributed by atoms with van der Waals surface area (Å²) in [6, 6.07) is 9.70. The number of aryl methyl sites for hydroxylation is 1. The number of fused-ring (bicyclic) bond motifs is 1. The molecule has 0 bridgehead atoms. The van der Waals surface area contributed by atoms with Crippen LogP contribution in [0.5, 0.6) is 0 Å². The van der Waals surface area contributed by atoms with Crippen molar-refractivity contribution in [1.29, 1.82) is 0 Å². The molecule has 1 aliphatic carbocycles. The highest BCUT2D eigenvalue weighted by molar-refractivity contribution is 6.04. The fraction of sp³-hybridized carbons (Fsp3) is 0.300. The SMILES string of the molecule is O=C(Nc1ccc(N2CCOCC2)cn1)c1ccc2c(c1)CCC=C2. The lowest BCUT2D eigenvalue weighted by atomic mass is 9.95. The number of hydrogen-bond acceptors (Lipinski definition) is 4. The summed E-state index contributed by atoms with van der Waals surface area (Å²) in [6.45, 7) is 3.23. The normalized spacial score (nSPS) is 16.4. The Morgan fingerprint density at radius 3 is 2.84 bits per heavy atom. The summed E-state index contributed by atoms with van der Waals surface area (Å²) in [7, 11) is 0. The van der Waals surface area contributed by atoms with Gasteiger partial charge in [0, 0.05) is 18.7 Å². The van der Waals surface area contributed by atoms with E-state index in [1.807, 2.05) is 30.3 Å². The fourth-order valence-electron chi connectivity index (χ4n) is 3.23. The number of rotatable bonds is 3. The molecule has 0 spiro atoms. The standard InChI is InChI=1S/C20H21N3O2/c24-20(17-6-5-15-3-1-2-4-16(15)13-17)22-19-8-7-18(14-21-19)23-9-11-25-12-10-23/h1,3,5-8,13-14H,2,4,9-12H2,(H,21,22,24). The van der Waals surface area contributed by atoms with Gasteiger partial charge in [-0.25, -0.2) is 4.98 Å². The van der Waals surface area contributed by atoms with E-state index in [9.17, 15) is 4.79 Å². The lowest BCUT2D eigenvalue weighted by molar-refractivity contribution is 0.102. The van der Waals surface area contributed by atoms with Crippen LogP contribution in [0.15, 0.2) is 42.6 Å². The molecule has 1 aromatic carbocycles. The van der Waals surface area contributed by atoms with Crippen LogP contribution in [-0.4, -0.2) is 37.2 Å². The van der Waals surface area contributed by atoms with Gasteiger partial charge in [0.2, 0.25) is 0 Å². The Morgan fingerprint density at radius 1 is 1.16 bits per heavy atom. The molecule has 0 saturated carbocycles. The Morgan fingerprint density at radius 2 is 2.04 bits per heavy atom.